The number of carboxylic acids is 1. The lowest BCUT2D eigenvalue weighted by molar-refractivity contribution is -0.137. The maximum atomic E-state index is 12.1. The van der Waals surface area contributed by atoms with Gasteiger partial charge in [0.15, 0.2) is 0 Å². The molecule has 1 atom stereocenters. The Kier molecular flexibility index (Phi) is 5.10. The van der Waals surface area contributed by atoms with Crippen LogP contribution in [0.25, 0.3) is 0 Å². The van der Waals surface area contributed by atoms with Crippen molar-refractivity contribution < 1.29 is 14.7 Å². The van der Waals surface area contributed by atoms with Crippen molar-refractivity contribution in [2.75, 3.05) is 0 Å². The number of hydrogen-bond donors (Lipinski definition) is 2. The molecule has 0 aromatic heterocycles. The zero-order valence-electron chi connectivity index (χ0n) is 11.5. The quantitative estimate of drug-likeness (QED) is 0.856. The van der Waals surface area contributed by atoms with E-state index in [2.05, 4.69) is 5.32 Å². The zero-order valence-corrected chi connectivity index (χ0v) is 11.5. The summed E-state index contributed by atoms with van der Waals surface area (Å²) in [4.78, 5) is 23.1. The summed E-state index contributed by atoms with van der Waals surface area (Å²) in [6, 6.07) is 17.9. The third kappa shape index (κ3) is 4.76. The minimum Gasteiger partial charge on any atom is -0.481 e. The Morgan fingerprint density at radius 1 is 0.952 bits per heavy atom. The molecule has 2 rings (SSSR count). The summed E-state index contributed by atoms with van der Waals surface area (Å²) >= 11 is 0. The monoisotopic (exact) mass is 283 g/mol. The van der Waals surface area contributed by atoms with Crippen LogP contribution in [0.2, 0.25) is 0 Å². The molecule has 2 aromatic carbocycles. The van der Waals surface area contributed by atoms with Crippen LogP contribution in [0, 0.1) is 0 Å². The Labute approximate surface area is 123 Å². The van der Waals surface area contributed by atoms with Crippen molar-refractivity contribution in [3.05, 3.63) is 71.8 Å². The van der Waals surface area contributed by atoms with Gasteiger partial charge in [-0.3, -0.25) is 9.59 Å². The van der Waals surface area contributed by atoms with Crippen molar-refractivity contribution in [3.63, 3.8) is 0 Å². The first-order valence-corrected chi connectivity index (χ1v) is 6.77. The maximum Gasteiger partial charge on any atom is 0.305 e. The van der Waals surface area contributed by atoms with Crippen LogP contribution in [0.5, 0.6) is 0 Å². The van der Waals surface area contributed by atoms with Gasteiger partial charge in [-0.25, -0.2) is 0 Å². The van der Waals surface area contributed by atoms with Crippen LogP contribution in [-0.4, -0.2) is 23.0 Å². The van der Waals surface area contributed by atoms with Crippen LogP contribution in [0.15, 0.2) is 60.7 Å². The summed E-state index contributed by atoms with van der Waals surface area (Å²) in [5.74, 6) is -1.18. The number of carbonyl (C=O) groups excluding carboxylic acids is 1. The standard InChI is InChI=1S/C17H17NO3/c19-16(20)12-15(11-13-7-3-1-4-8-13)18-17(21)14-9-5-2-6-10-14/h1-10,15H,11-12H2,(H,18,21)(H,19,20)/t15-/m0/s1. The second-order valence-electron chi connectivity index (χ2n) is 4.82. The predicted octanol–water partition coefficient (Wildman–Crippen LogP) is 2.50. The summed E-state index contributed by atoms with van der Waals surface area (Å²) < 4.78 is 0. The second kappa shape index (κ2) is 7.24. The van der Waals surface area contributed by atoms with E-state index in [0.717, 1.165) is 5.56 Å². The van der Waals surface area contributed by atoms with E-state index in [0.29, 0.717) is 12.0 Å². The van der Waals surface area contributed by atoms with E-state index in [1.807, 2.05) is 36.4 Å². The van der Waals surface area contributed by atoms with Gasteiger partial charge in [0.1, 0.15) is 0 Å². The summed E-state index contributed by atoms with van der Waals surface area (Å²) in [6.07, 6.45) is 0.388. The number of hydrogen-bond acceptors (Lipinski definition) is 2. The normalized spacial score (nSPS) is 11.6. The van der Waals surface area contributed by atoms with Crippen molar-refractivity contribution in [3.8, 4) is 0 Å². The van der Waals surface area contributed by atoms with Crippen LogP contribution >= 0.6 is 0 Å². The summed E-state index contributed by atoms with van der Waals surface area (Å²) in [5, 5.41) is 11.8. The molecule has 0 saturated heterocycles. The van der Waals surface area contributed by atoms with Crippen LogP contribution in [0.4, 0.5) is 0 Å². The van der Waals surface area contributed by atoms with Crippen molar-refractivity contribution in [1.82, 2.24) is 5.32 Å². The third-order valence-electron chi connectivity index (χ3n) is 3.12. The number of aliphatic carboxylic acids is 1. The average Bonchev–Trinajstić information content (AvgIpc) is 2.48. The molecule has 0 saturated carbocycles. The molecule has 0 spiro atoms. The number of amides is 1. The SMILES string of the molecule is O=C(O)C[C@H](Cc1ccccc1)NC(=O)c1ccccc1. The first kappa shape index (κ1) is 14.8. The van der Waals surface area contributed by atoms with Gasteiger partial charge in [0.25, 0.3) is 5.91 Å². The molecule has 0 bridgehead atoms. The Morgan fingerprint density at radius 3 is 2.10 bits per heavy atom. The molecule has 0 fully saturated rings. The molecule has 2 aromatic rings. The highest BCUT2D eigenvalue weighted by atomic mass is 16.4. The summed E-state index contributed by atoms with van der Waals surface area (Å²) in [6.45, 7) is 0. The van der Waals surface area contributed by atoms with Gasteiger partial charge in [0.05, 0.1) is 6.42 Å². The molecular weight excluding hydrogens is 266 g/mol. The van der Waals surface area contributed by atoms with E-state index in [9.17, 15) is 9.59 Å². The minimum atomic E-state index is -0.927. The molecule has 0 aliphatic carbocycles. The highest BCUT2D eigenvalue weighted by Gasteiger charge is 2.17. The molecular formula is C17H17NO3. The van der Waals surface area contributed by atoms with Gasteiger partial charge >= 0.3 is 5.97 Å². The highest BCUT2D eigenvalue weighted by molar-refractivity contribution is 5.94. The molecule has 108 valence electrons. The molecule has 2 N–H and O–H groups in total. The number of carboxylic acid groups (broad SMARTS) is 1. The van der Waals surface area contributed by atoms with E-state index in [4.69, 9.17) is 5.11 Å². The van der Waals surface area contributed by atoms with Crippen molar-refractivity contribution >= 4 is 11.9 Å². The molecule has 0 heterocycles. The highest BCUT2D eigenvalue weighted by Crippen LogP contribution is 2.08. The second-order valence-corrected chi connectivity index (χ2v) is 4.82. The molecule has 0 aliphatic heterocycles. The topological polar surface area (TPSA) is 66.4 Å². The van der Waals surface area contributed by atoms with E-state index in [1.165, 1.54) is 0 Å². The van der Waals surface area contributed by atoms with E-state index in [1.54, 1.807) is 24.3 Å². The van der Waals surface area contributed by atoms with Gasteiger partial charge in [0.2, 0.25) is 0 Å². The summed E-state index contributed by atoms with van der Waals surface area (Å²) in [7, 11) is 0. The fourth-order valence-electron chi connectivity index (χ4n) is 2.14. The van der Waals surface area contributed by atoms with Crippen molar-refractivity contribution in [2.24, 2.45) is 0 Å². The van der Waals surface area contributed by atoms with Gasteiger partial charge in [-0.15, -0.1) is 0 Å². The van der Waals surface area contributed by atoms with Crippen LogP contribution in [0.1, 0.15) is 22.3 Å². The molecule has 0 aliphatic rings. The Morgan fingerprint density at radius 2 is 1.52 bits per heavy atom. The lowest BCUT2D eigenvalue weighted by Gasteiger charge is -2.17. The van der Waals surface area contributed by atoms with Gasteiger partial charge in [0, 0.05) is 11.6 Å². The largest absolute Gasteiger partial charge is 0.481 e. The Balaban J connectivity index is 2.06. The lowest BCUT2D eigenvalue weighted by Crippen LogP contribution is -2.38. The smallest absolute Gasteiger partial charge is 0.305 e. The van der Waals surface area contributed by atoms with Gasteiger partial charge in [-0.1, -0.05) is 48.5 Å². The molecule has 0 radical (unpaired) electrons. The van der Waals surface area contributed by atoms with E-state index in [-0.39, 0.29) is 12.3 Å². The fraction of sp³-hybridized carbons (Fsp3) is 0.176. The molecule has 21 heavy (non-hydrogen) atoms. The molecule has 1 amide bonds. The number of carbonyl (C=O) groups is 2. The first-order valence-electron chi connectivity index (χ1n) is 6.77. The number of nitrogens with one attached hydrogen (secondary N) is 1. The average molecular weight is 283 g/mol. The minimum absolute atomic E-state index is 0.104. The Bertz CT molecular complexity index is 596. The lowest BCUT2D eigenvalue weighted by atomic mass is 10.0. The van der Waals surface area contributed by atoms with Crippen molar-refractivity contribution in [1.29, 1.82) is 0 Å². The molecule has 4 nitrogen and oxygen atoms in total. The predicted molar refractivity (Wildman–Crippen MR) is 80.1 cm³/mol. The number of rotatable bonds is 6. The molecule has 0 unspecified atom stereocenters. The van der Waals surface area contributed by atoms with Crippen molar-refractivity contribution in [2.45, 2.75) is 18.9 Å². The summed E-state index contributed by atoms with van der Waals surface area (Å²) in [5.41, 5.74) is 1.53. The number of benzene rings is 2. The zero-order chi connectivity index (χ0) is 15.1. The van der Waals surface area contributed by atoms with Crippen LogP contribution < -0.4 is 5.32 Å². The maximum absolute atomic E-state index is 12.1. The van der Waals surface area contributed by atoms with E-state index < -0.39 is 12.0 Å². The molecule has 4 heteroatoms. The van der Waals surface area contributed by atoms with E-state index >= 15 is 0 Å². The first-order chi connectivity index (χ1) is 10.1. The van der Waals surface area contributed by atoms with Gasteiger partial charge < -0.3 is 10.4 Å². The Hall–Kier alpha value is -2.62. The fourth-order valence-corrected chi connectivity index (χ4v) is 2.14. The van der Waals surface area contributed by atoms with Crippen LogP contribution in [0.3, 0.4) is 0 Å². The third-order valence-corrected chi connectivity index (χ3v) is 3.12. The van der Waals surface area contributed by atoms with Gasteiger partial charge in [-0.2, -0.15) is 0 Å². The van der Waals surface area contributed by atoms with Crippen LogP contribution in [-0.2, 0) is 11.2 Å². The van der Waals surface area contributed by atoms with Gasteiger partial charge in [-0.05, 0) is 24.1 Å².